The molecule has 0 atom stereocenters. The number of fused-ring (bicyclic) bond motifs is 10. The summed E-state index contributed by atoms with van der Waals surface area (Å²) in [6.45, 7) is 14.2. The van der Waals surface area contributed by atoms with Gasteiger partial charge in [-0.15, -0.1) is 0 Å². The molecule has 0 spiro atoms. The fourth-order valence-electron chi connectivity index (χ4n) is 8.85. The summed E-state index contributed by atoms with van der Waals surface area (Å²) < 4.78 is 0. The van der Waals surface area contributed by atoms with Crippen LogP contribution in [-0.2, 0) is 10.8 Å². The van der Waals surface area contributed by atoms with E-state index in [4.69, 9.17) is 0 Å². The zero-order valence-electron chi connectivity index (χ0n) is 27.5. The van der Waals surface area contributed by atoms with Crippen LogP contribution in [-0.4, -0.2) is 0 Å². The lowest BCUT2D eigenvalue weighted by Crippen LogP contribution is -2.17. The molecule has 0 bridgehead atoms. The average molecular weight is 591 g/mol. The summed E-state index contributed by atoms with van der Waals surface area (Å²) in [5.41, 5.74) is 19.0. The number of hydrogen-bond acceptors (Lipinski definition) is 0. The van der Waals surface area contributed by atoms with Gasteiger partial charge in [0.2, 0.25) is 0 Å². The van der Waals surface area contributed by atoms with E-state index in [0.717, 1.165) is 0 Å². The maximum Gasteiger partial charge on any atom is 0.0159 e. The standard InChI is InChI=1S/C46H38/c1-27-15-7-9-17-29(27)35-23-41-43(33-21-13-11-19-31(33)35)37-25-40-38(26-39(37)45(41,3)4)44-34-22-14-12-20-32(34)36(24-42(44)46(40,5)6)30-18-10-8-16-28(30)2/h7-26H,1-6H3. The SMILES string of the molecule is Cc1ccccc1-c1cc2c(c3ccccc13)-c1cc3c(cc1C2(C)C)-c1c(cc(-c2ccccc2C)c2ccccc12)C3(C)C. The number of hydrogen-bond donors (Lipinski definition) is 0. The van der Waals surface area contributed by atoms with E-state index in [1.54, 1.807) is 0 Å². The second-order valence-corrected chi connectivity index (χ2v) is 14.6. The molecule has 7 aromatic carbocycles. The van der Waals surface area contributed by atoms with Crippen molar-refractivity contribution in [2.75, 3.05) is 0 Å². The van der Waals surface area contributed by atoms with E-state index in [1.165, 1.54) is 99.4 Å². The molecule has 2 aliphatic rings. The fourth-order valence-corrected chi connectivity index (χ4v) is 8.85. The minimum Gasteiger partial charge on any atom is -0.0620 e. The van der Waals surface area contributed by atoms with Crippen LogP contribution >= 0.6 is 0 Å². The topological polar surface area (TPSA) is 0 Å². The molecule has 0 nitrogen and oxygen atoms in total. The van der Waals surface area contributed by atoms with Crippen LogP contribution in [0.25, 0.3) is 66.1 Å². The quantitative estimate of drug-likeness (QED) is 0.188. The third-order valence-corrected chi connectivity index (χ3v) is 11.3. The van der Waals surface area contributed by atoms with Crippen molar-refractivity contribution >= 4 is 21.5 Å². The largest absolute Gasteiger partial charge is 0.0620 e. The first-order chi connectivity index (χ1) is 22.2. The van der Waals surface area contributed by atoms with Crippen molar-refractivity contribution in [2.24, 2.45) is 0 Å². The molecule has 0 N–H and O–H groups in total. The van der Waals surface area contributed by atoms with Gasteiger partial charge < -0.3 is 0 Å². The molecular formula is C46H38. The minimum atomic E-state index is -0.134. The van der Waals surface area contributed by atoms with Crippen LogP contribution < -0.4 is 0 Å². The molecule has 0 aliphatic heterocycles. The highest BCUT2D eigenvalue weighted by molar-refractivity contribution is 6.12. The third kappa shape index (κ3) is 3.50. The van der Waals surface area contributed by atoms with E-state index in [2.05, 4.69) is 163 Å². The Morgan fingerprint density at radius 3 is 1.04 bits per heavy atom. The summed E-state index contributed by atoms with van der Waals surface area (Å²) >= 11 is 0. The first-order valence-electron chi connectivity index (χ1n) is 16.6. The summed E-state index contributed by atoms with van der Waals surface area (Å²) in [5, 5.41) is 5.36. The molecule has 0 fully saturated rings. The molecule has 0 saturated heterocycles. The van der Waals surface area contributed by atoms with Crippen molar-refractivity contribution in [2.45, 2.75) is 52.4 Å². The van der Waals surface area contributed by atoms with Crippen LogP contribution in [0.5, 0.6) is 0 Å². The lowest BCUT2D eigenvalue weighted by molar-refractivity contribution is 0.652. The van der Waals surface area contributed by atoms with Crippen LogP contribution in [0.3, 0.4) is 0 Å². The Kier molecular flexibility index (Phi) is 5.54. The molecule has 46 heavy (non-hydrogen) atoms. The van der Waals surface area contributed by atoms with E-state index < -0.39 is 0 Å². The zero-order valence-corrected chi connectivity index (χ0v) is 27.5. The van der Waals surface area contributed by atoms with E-state index in [-0.39, 0.29) is 10.8 Å². The van der Waals surface area contributed by atoms with Gasteiger partial charge in [-0.3, -0.25) is 0 Å². The molecule has 0 saturated carbocycles. The van der Waals surface area contributed by atoms with Gasteiger partial charge in [-0.25, -0.2) is 0 Å². The second kappa shape index (κ2) is 9.30. The maximum atomic E-state index is 2.57. The van der Waals surface area contributed by atoms with Gasteiger partial charge in [0.1, 0.15) is 0 Å². The Morgan fingerprint density at radius 1 is 0.326 bits per heavy atom. The summed E-state index contributed by atoms with van der Waals surface area (Å²) in [6.07, 6.45) is 0. The van der Waals surface area contributed by atoms with Gasteiger partial charge in [0, 0.05) is 10.8 Å². The van der Waals surface area contributed by atoms with E-state index in [9.17, 15) is 0 Å². The normalized spacial score (nSPS) is 15.1. The first kappa shape index (κ1) is 27.4. The fraction of sp³-hybridized carbons (Fsp3) is 0.174. The highest BCUT2D eigenvalue weighted by atomic mass is 14.5. The van der Waals surface area contributed by atoms with Crippen LogP contribution in [0, 0.1) is 13.8 Å². The molecule has 0 heteroatoms. The van der Waals surface area contributed by atoms with Crippen molar-refractivity contribution in [3.8, 4) is 44.5 Å². The molecule has 0 unspecified atom stereocenters. The molecule has 0 amide bonds. The van der Waals surface area contributed by atoms with Crippen LogP contribution in [0.4, 0.5) is 0 Å². The molecular weight excluding hydrogens is 553 g/mol. The number of rotatable bonds is 2. The average Bonchev–Trinajstić information content (AvgIpc) is 3.42. The van der Waals surface area contributed by atoms with Crippen LogP contribution in [0.15, 0.2) is 121 Å². The van der Waals surface area contributed by atoms with Gasteiger partial charge in [-0.05, 0) is 138 Å². The highest BCUT2D eigenvalue weighted by Gasteiger charge is 2.43. The Hall–Kier alpha value is -4.94. The third-order valence-electron chi connectivity index (χ3n) is 11.3. The first-order valence-corrected chi connectivity index (χ1v) is 16.6. The van der Waals surface area contributed by atoms with Gasteiger partial charge in [0.15, 0.2) is 0 Å². The number of aryl methyl sites for hydroxylation is 2. The van der Waals surface area contributed by atoms with Gasteiger partial charge in [0.25, 0.3) is 0 Å². The van der Waals surface area contributed by atoms with E-state index in [1.807, 2.05) is 0 Å². The maximum absolute atomic E-state index is 2.57. The van der Waals surface area contributed by atoms with Crippen molar-refractivity contribution < 1.29 is 0 Å². The molecule has 0 aromatic heterocycles. The van der Waals surface area contributed by atoms with Crippen molar-refractivity contribution in [3.63, 3.8) is 0 Å². The predicted molar refractivity (Wildman–Crippen MR) is 197 cm³/mol. The lowest BCUT2D eigenvalue weighted by Gasteiger charge is -2.25. The smallest absolute Gasteiger partial charge is 0.0159 e. The summed E-state index contributed by atoms with van der Waals surface area (Å²) in [4.78, 5) is 0. The summed E-state index contributed by atoms with van der Waals surface area (Å²) in [7, 11) is 0. The molecule has 9 rings (SSSR count). The van der Waals surface area contributed by atoms with Crippen LogP contribution in [0.2, 0.25) is 0 Å². The van der Waals surface area contributed by atoms with Gasteiger partial charge in [-0.2, -0.15) is 0 Å². The molecule has 0 radical (unpaired) electrons. The Bertz CT molecular complexity index is 2260. The van der Waals surface area contributed by atoms with Gasteiger partial charge in [-0.1, -0.05) is 125 Å². The summed E-state index contributed by atoms with van der Waals surface area (Å²) in [5.74, 6) is 0. The molecule has 222 valence electrons. The van der Waals surface area contributed by atoms with Crippen molar-refractivity contribution in [3.05, 3.63) is 155 Å². The Labute approximate surface area is 272 Å². The highest BCUT2D eigenvalue weighted by Crippen LogP contribution is 2.59. The molecule has 2 aliphatic carbocycles. The molecule has 0 heterocycles. The van der Waals surface area contributed by atoms with E-state index >= 15 is 0 Å². The Morgan fingerprint density at radius 2 is 0.652 bits per heavy atom. The monoisotopic (exact) mass is 590 g/mol. The predicted octanol–water partition coefficient (Wildman–Crippen LogP) is 12.6. The number of benzene rings is 7. The molecule has 7 aromatic rings. The van der Waals surface area contributed by atoms with Crippen molar-refractivity contribution in [1.29, 1.82) is 0 Å². The second-order valence-electron chi connectivity index (χ2n) is 14.6. The van der Waals surface area contributed by atoms with Gasteiger partial charge >= 0.3 is 0 Å². The van der Waals surface area contributed by atoms with Crippen LogP contribution in [0.1, 0.15) is 61.1 Å². The van der Waals surface area contributed by atoms with E-state index in [0.29, 0.717) is 0 Å². The Balaban J connectivity index is 1.34. The lowest BCUT2D eigenvalue weighted by atomic mass is 9.78. The van der Waals surface area contributed by atoms with Gasteiger partial charge in [0.05, 0.1) is 0 Å². The minimum absolute atomic E-state index is 0.134. The van der Waals surface area contributed by atoms with Crippen molar-refractivity contribution in [1.82, 2.24) is 0 Å². The summed E-state index contributed by atoms with van der Waals surface area (Å²) in [6, 6.07) is 45.9. The zero-order chi connectivity index (χ0) is 31.5.